The van der Waals surface area contributed by atoms with Gasteiger partial charge >= 0.3 is 0 Å². The molecule has 0 saturated carbocycles. The first-order valence-corrected chi connectivity index (χ1v) is 10.2. The van der Waals surface area contributed by atoms with Gasteiger partial charge in [-0.3, -0.25) is 4.79 Å². The van der Waals surface area contributed by atoms with Crippen LogP contribution in [0.1, 0.15) is 29.8 Å². The van der Waals surface area contributed by atoms with Gasteiger partial charge < -0.3 is 19.5 Å². The third kappa shape index (κ3) is 6.01. The van der Waals surface area contributed by atoms with Gasteiger partial charge in [0.15, 0.2) is 0 Å². The lowest BCUT2D eigenvalue weighted by Crippen LogP contribution is -2.14. The molecule has 0 fully saturated rings. The van der Waals surface area contributed by atoms with Gasteiger partial charge in [-0.25, -0.2) is 0 Å². The number of hydrogen-bond acceptors (Lipinski definition) is 4. The Morgan fingerprint density at radius 1 is 0.800 bits per heavy atom. The van der Waals surface area contributed by atoms with E-state index in [1.165, 1.54) is 5.56 Å². The van der Waals surface area contributed by atoms with Gasteiger partial charge in [-0.1, -0.05) is 36.4 Å². The highest BCUT2D eigenvalue weighted by molar-refractivity contribution is 6.06. The first-order chi connectivity index (χ1) is 14.7. The number of carbonyl (C=O) groups is 1. The normalized spacial score (nSPS) is 10.3. The third-order valence-corrected chi connectivity index (χ3v) is 4.40. The zero-order valence-electron chi connectivity index (χ0n) is 17.4. The molecule has 5 nitrogen and oxygen atoms in total. The van der Waals surface area contributed by atoms with Crippen molar-refractivity contribution in [3.05, 3.63) is 83.9 Å². The van der Waals surface area contributed by atoms with Crippen molar-refractivity contribution < 1.29 is 19.0 Å². The van der Waals surface area contributed by atoms with Crippen molar-refractivity contribution in [1.29, 1.82) is 0 Å². The minimum absolute atomic E-state index is 0.247. The van der Waals surface area contributed by atoms with Crippen molar-refractivity contribution in [2.75, 3.05) is 25.1 Å². The highest BCUT2D eigenvalue weighted by Crippen LogP contribution is 2.27. The van der Waals surface area contributed by atoms with Gasteiger partial charge in [0.1, 0.15) is 17.2 Å². The van der Waals surface area contributed by atoms with Gasteiger partial charge in [-0.15, -0.1) is 0 Å². The van der Waals surface area contributed by atoms with Gasteiger partial charge in [0, 0.05) is 24.2 Å². The van der Waals surface area contributed by atoms with E-state index in [1.54, 1.807) is 18.2 Å². The Morgan fingerprint density at radius 3 is 2.33 bits per heavy atom. The molecule has 1 amide bonds. The molecule has 0 heterocycles. The number of amides is 1. The second kappa shape index (κ2) is 10.9. The third-order valence-electron chi connectivity index (χ3n) is 4.40. The zero-order valence-corrected chi connectivity index (χ0v) is 17.4. The van der Waals surface area contributed by atoms with E-state index in [0.717, 1.165) is 6.42 Å². The summed E-state index contributed by atoms with van der Waals surface area (Å²) in [6.45, 7) is 5.37. The molecule has 1 N–H and O–H groups in total. The lowest BCUT2D eigenvalue weighted by molar-refractivity contribution is 0.102. The molecule has 3 aromatic carbocycles. The molecule has 0 aliphatic rings. The minimum atomic E-state index is -0.247. The Bertz CT molecular complexity index is 956. The van der Waals surface area contributed by atoms with E-state index in [4.69, 9.17) is 14.2 Å². The van der Waals surface area contributed by atoms with Gasteiger partial charge in [-0.2, -0.15) is 0 Å². The van der Waals surface area contributed by atoms with Crippen molar-refractivity contribution in [3.63, 3.8) is 0 Å². The SMILES string of the molecule is CCOc1ccc(C(=O)Nc2cccc(OCCc3ccccc3)c2)c(OCC)c1. The van der Waals surface area contributed by atoms with E-state index in [0.29, 0.717) is 48.3 Å². The van der Waals surface area contributed by atoms with Crippen molar-refractivity contribution >= 4 is 11.6 Å². The number of ether oxygens (including phenoxy) is 3. The standard InChI is InChI=1S/C25H27NO4/c1-3-28-22-13-14-23(24(18-22)29-4-2)25(27)26-20-11-8-12-21(17-20)30-16-15-19-9-6-5-7-10-19/h5-14,17-18H,3-4,15-16H2,1-2H3,(H,26,27). The fraction of sp³-hybridized carbons (Fsp3) is 0.240. The molecule has 3 aromatic rings. The summed E-state index contributed by atoms with van der Waals surface area (Å²) in [7, 11) is 0. The molecule has 156 valence electrons. The molecule has 0 bridgehead atoms. The molecule has 0 aliphatic heterocycles. The number of rotatable bonds is 10. The molecule has 0 saturated heterocycles. The van der Waals surface area contributed by atoms with E-state index >= 15 is 0 Å². The monoisotopic (exact) mass is 405 g/mol. The Hall–Kier alpha value is -3.47. The van der Waals surface area contributed by atoms with Crippen molar-refractivity contribution in [2.24, 2.45) is 0 Å². The minimum Gasteiger partial charge on any atom is -0.494 e. The fourth-order valence-electron chi connectivity index (χ4n) is 3.02. The number of anilines is 1. The number of carbonyl (C=O) groups excluding carboxylic acids is 1. The Balaban J connectivity index is 1.64. The zero-order chi connectivity index (χ0) is 21.2. The average Bonchev–Trinajstić information content (AvgIpc) is 2.75. The van der Waals surface area contributed by atoms with Crippen molar-refractivity contribution in [1.82, 2.24) is 0 Å². The topological polar surface area (TPSA) is 56.8 Å². The molecule has 0 aromatic heterocycles. The van der Waals surface area contributed by atoms with Gasteiger partial charge in [0.25, 0.3) is 5.91 Å². The maximum atomic E-state index is 12.8. The number of hydrogen-bond donors (Lipinski definition) is 1. The van der Waals surface area contributed by atoms with Crippen LogP contribution >= 0.6 is 0 Å². The maximum absolute atomic E-state index is 12.8. The summed E-state index contributed by atoms with van der Waals surface area (Å²) in [5.74, 6) is 1.63. The second-order valence-corrected chi connectivity index (χ2v) is 6.59. The molecular weight excluding hydrogens is 378 g/mol. The van der Waals surface area contributed by atoms with Crippen molar-refractivity contribution in [3.8, 4) is 17.2 Å². The predicted molar refractivity (Wildman–Crippen MR) is 119 cm³/mol. The van der Waals surface area contributed by atoms with Crippen LogP contribution < -0.4 is 19.5 Å². The Labute approximate surface area is 177 Å². The second-order valence-electron chi connectivity index (χ2n) is 6.59. The highest BCUT2D eigenvalue weighted by atomic mass is 16.5. The van der Waals surface area contributed by atoms with Crippen LogP contribution in [0.15, 0.2) is 72.8 Å². The molecule has 5 heteroatoms. The van der Waals surface area contributed by atoms with E-state index in [2.05, 4.69) is 17.4 Å². The fourth-order valence-corrected chi connectivity index (χ4v) is 3.02. The molecule has 0 spiro atoms. The Morgan fingerprint density at radius 2 is 1.57 bits per heavy atom. The van der Waals surface area contributed by atoms with Crippen LogP contribution in [0.3, 0.4) is 0 Å². The van der Waals surface area contributed by atoms with Crippen LogP contribution in [0.25, 0.3) is 0 Å². The number of benzene rings is 3. The average molecular weight is 405 g/mol. The quantitative estimate of drug-likeness (QED) is 0.493. The summed E-state index contributed by atoms with van der Waals surface area (Å²) >= 11 is 0. The van der Waals surface area contributed by atoms with Crippen LogP contribution in [0.5, 0.6) is 17.2 Å². The van der Waals surface area contributed by atoms with E-state index in [1.807, 2.05) is 56.3 Å². The number of nitrogens with one attached hydrogen (secondary N) is 1. The summed E-state index contributed by atoms with van der Waals surface area (Å²) in [5, 5.41) is 2.92. The molecule has 0 atom stereocenters. The van der Waals surface area contributed by atoms with Gasteiger partial charge in [0.05, 0.1) is 25.4 Å². The summed E-state index contributed by atoms with van der Waals surface area (Å²) in [6, 6.07) is 22.8. The molecule has 30 heavy (non-hydrogen) atoms. The molecular formula is C25H27NO4. The molecule has 3 rings (SSSR count). The highest BCUT2D eigenvalue weighted by Gasteiger charge is 2.14. The lowest BCUT2D eigenvalue weighted by Gasteiger charge is -2.13. The van der Waals surface area contributed by atoms with E-state index < -0.39 is 0 Å². The summed E-state index contributed by atoms with van der Waals surface area (Å²) in [4.78, 5) is 12.8. The van der Waals surface area contributed by atoms with Crippen LogP contribution in [0, 0.1) is 0 Å². The largest absolute Gasteiger partial charge is 0.494 e. The molecule has 0 unspecified atom stereocenters. The van der Waals surface area contributed by atoms with Crippen LogP contribution in [0.4, 0.5) is 5.69 Å². The molecule has 0 aliphatic carbocycles. The van der Waals surface area contributed by atoms with Crippen LogP contribution in [-0.4, -0.2) is 25.7 Å². The predicted octanol–water partition coefficient (Wildman–Crippen LogP) is 5.36. The van der Waals surface area contributed by atoms with Gasteiger partial charge in [-0.05, 0) is 43.7 Å². The van der Waals surface area contributed by atoms with Crippen molar-refractivity contribution in [2.45, 2.75) is 20.3 Å². The summed E-state index contributed by atoms with van der Waals surface area (Å²) in [6.07, 6.45) is 0.821. The summed E-state index contributed by atoms with van der Waals surface area (Å²) < 4.78 is 17.0. The lowest BCUT2D eigenvalue weighted by atomic mass is 10.1. The molecule has 0 radical (unpaired) electrons. The summed E-state index contributed by atoms with van der Waals surface area (Å²) in [5.41, 5.74) is 2.34. The van der Waals surface area contributed by atoms with Crippen LogP contribution in [-0.2, 0) is 6.42 Å². The maximum Gasteiger partial charge on any atom is 0.259 e. The first kappa shape index (κ1) is 21.2. The van der Waals surface area contributed by atoms with E-state index in [-0.39, 0.29) is 5.91 Å². The van der Waals surface area contributed by atoms with Crippen LogP contribution in [0.2, 0.25) is 0 Å². The smallest absolute Gasteiger partial charge is 0.259 e. The van der Waals surface area contributed by atoms with Gasteiger partial charge in [0.2, 0.25) is 0 Å². The first-order valence-electron chi connectivity index (χ1n) is 10.2. The van der Waals surface area contributed by atoms with E-state index in [9.17, 15) is 4.79 Å². The Kier molecular flexibility index (Phi) is 7.72.